The van der Waals surface area contributed by atoms with Crippen LogP contribution >= 0.6 is 0 Å². The molecule has 2 atom stereocenters. The van der Waals surface area contributed by atoms with Crippen molar-refractivity contribution in [2.75, 3.05) is 6.61 Å². The van der Waals surface area contributed by atoms with Gasteiger partial charge in [0, 0.05) is 4.90 Å². The molecule has 110 valence electrons. The van der Waals surface area contributed by atoms with Crippen LogP contribution in [-0.2, 0) is 20.3 Å². The smallest absolute Gasteiger partial charge is 0.326 e. The molecule has 0 heterocycles. The van der Waals surface area contributed by atoms with Gasteiger partial charge in [0.2, 0.25) is 0 Å². The van der Waals surface area contributed by atoms with Crippen LogP contribution in [-0.4, -0.2) is 16.8 Å². The summed E-state index contributed by atoms with van der Waals surface area (Å²) in [5.41, 5.74) is 0.582. The van der Waals surface area contributed by atoms with E-state index in [0.717, 1.165) is 0 Å². The number of carbonyl (C=O) groups excluding carboxylic acids is 1. The average Bonchev–Trinajstić information content (AvgIpc) is 2.49. The van der Waals surface area contributed by atoms with Crippen LogP contribution in [0.15, 0.2) is 59.5 Å². The van der Waals surface area contributed by atoms with Crippen molar-refractivity contribution in [3.63, 3.8) is 0 Å². The molecular formula is C16H15FO3S. The van der Waals surface area contributed by atoms with E-state index in [-0.39, 0.29) is 11.5 Å². The minimum Gasteiger partial charge on any atom is -0.465 e. The zero-order chi connectivity index (χ0) is 15.2. The summed E-state index contributed by atoms with van der Waals surface area (Å²) in [5, 5.41) is -0.965. The Kier molecular flexibility index (Phi) is 5.22. The van der Waals surface area contributed by atoms with Crippen molar-refractivity contribution >= 4 is 16.8 Å². The summed E-state index contributed by atoms with van der Waals surface area (Å²) in [4.78, 5) is 12.4. The van der Waals surface area contributed by atoms with Crippen molar-refractivity contribution in [2.45, 2.75) is 17.1 Å². The lowest BCUT2D eigenvalue weighted by Gasteiger charge is -2.15. The van der Waals surface area contributed by atoms with Crippen LogP contribution in [0.25, 0.3) is 0 Å². The molecule has 0 aliphatic carbocycles. The maximum absolute atomic E-state index is 13.3. The van der Waals surface area contributed by atoms with Crippen LogP contribution in [0.1, 0.15) is 17.7 Å². The van der Waals surface area contributed by atoms with E-state index in [1.807, 2.05) is 0 Å². The first-order valence-electron chi connectivity index (χ1n) is 6.51. The second-order valence-corrected chi connectivity index (χ2v) is 5.84. The lowest BCUT2D eigenvalue weighted by molar-refractivity contribution is -0.142. The zero-order valence-electron chi connectivity index (χ0n) is 11.5. The first-order chi connectivity index (χ1) is 10.1. The molecule has 0 fully saturated rings. The lowest BCUT2D eigenvalue weighted by atomic mass is 10.1. The Hall–Kier alpha value is -2.01. The highest BCUT2D eigenvalue weighted by atomic mass is 32.2. The van der Waals surface area contributed by atoms with Gasteiger partial charge in [0.15, 0.2) is 5.25 Å². The van der Waals surface area contributed by atoms with Crippen LogP contribution in [0.5, 0.6) is 0 Å². The van der Waals surface area contributed by atoms with E-state index < -0.39 is 27.8 Å². The third kappa shape index (κ3) is 3.76. The molecule has 0 spiro atoms. The lowest BCUT2D eigenvalue weighted by Crippen LogP contribution is -2.20. The van der Waals surface area contributed by atoms with Crippen LogP contribution < -0.4 is 0 Å². The Morgan fingerprint density at radius 3 is 2.52 bits per heavy atom. The second kappa shape index (κ2) is 7.13. The maximum Gasteiger partial charge on any atom is 0.326 e. The minimum absolute atomic E-state index is 0.197. The number of carbonyl (C=O) groups is 1. The van der Waals surface area contributed by atoms with Crippen LogP contribution in [0, 0.1) is 5.82 Å². The van der Waals surface area contributed by atoms with Crippen molar-refractivity contribution in [3.05, 3.63) is 66.0 Å². The quantitative estimate of drug-likeness (QED) is 0.797. The van der Waals surface area contributed by atoms with Gasteiger partial charge in [-0.05, 0) is 30.7 Å². The molecule has 0 bridgehead atoms. The molecule has 0 aliphatic rings. The van der Waals surface area contributed by atoms with Crippen LogP contribution in [0.4, 0.5) is 4.39 Å². The number of esters is 1. The van der Waals surface area contributed by atoms with Crippen molar-refractivity contribution in [1.82, 2.24) is 0 Å². The van der Waals surface area contributed by atoms with Crippen molar-refractivity contribution in [2.24, 2.45) is 0 Å². The van der Waals surface area contributed by atoms with Gasteiger partial charge in [-0.25, -0.2) is 4.39 Å². The number of rotatable bonds is 5. The van der Waals surface area contributed by atoms with Crippen molar-refractivity contribution in [3.8, 4) is 0 Å². The third-order valence-electron chi connectivity index (χ3n) is 2.85. The number of halogens is 1. The van der Waals surface area contributed by atoms with Crippen molar-refractivity contribution in [1.29, 1.82) is 0 Å². The van der Waals surface area contributed by atoms with Gasteiger partial charge in [-0.1, -0.05) is 36.4 Å². The van der Waals surface area contributed by atoms with E-state index in [0.29, 0.717) is 5.56 Å². The fraction of sp³-hybridized carbons (Fsp3) is 0.188. The fourth-order valence-corrected chi connectivity index (χ4v) is 3.28. The fourth-order valence-electron chi connectivity index (χ4n) is 1.92. The normalized spacial score (nSPS) is 13.4. The Bertz CT molecular complexity index is 643. The Balaban J connectivity index is 2.40. The summed E-state index contributed by atoms with van der Waals surface area (Å²) in [5.74, 6) is -1.07. The summed E-state index contributed by atoms with van der Waals surface area (Å²) >= 11 is 0. The number of benzene rings is 2. The first kappa shape index (κ1) is 15.4. The van der Waals surface area contributed by atoms with Gasteiger partial charge in [-0.15, -0.1) is 0 Å². The molecule has 0 saturated heterocycles. The predicted octanol–water partition coefficient (Wildman–Crippen LogP) is 3.24. The summed E-state index contributed by atoms with van der Waals surface area (Å²) in [7, 11) is -1.73. The van der Waals surface area contributed by atoms with E-state index in [1.54, 1.807) is 37.3 Å². The van der Waals surface area contributed by atoms with E-state index >= 15 is 0 Å². The van der Waals surface area contributed by atoms with E-state index in [1.165, 1.54) is 24.3 Å². The Morgan fingerprint density at radius 2 is 1.90 bits per heavy atom. The number of hydrogen-bond acceptors (Lipinski definition) is 3. The monoisotopic (exact) mass is 306 g/mol. The third-order valence-corrected chi connectivity index (χ3v) is 4.46. The molecular weight excluding hydrogens is 291 g/mol. The molecule has 0 amide bonds. The van der Waals surface area contributed by atoms with Gasteiger partial charge in [0.1, 0.15) is 5.82 Å². The molecule has 0 N–H and O–H groups in total. The summed E-state index contributed by atoms with van der Waals surface area (Å²) < 4.78 is 31.0. The van der Waals surface area contributed by atoms with E-state index in [4.69, 9.17) is 4.74 Å². The van der Waals surface area contributed by atoms with Crippen LogP contribution in [0.2, 0.25) is 0 Å². The Morgan fingerprint density at radius 1 is 1.19 bits per heavy atom. The molecule has 21 heavy (non-hydrogen) atoms. The molecule has 2 aromatic carbocycles. The highest BCUT2D eigenvalue weighted by Gasteiger charge is 2.29. The summed E-state index contributed by atoms with van der Waals surface area (Å²) in [6.07, 6.45) is 0. The minimum atomic E-state index is -1.73. The second-order valence-electron chi connectivity index (χ2n) is 4.30. The van der Waals surface area contributed by atoms with Gasteiger partial charge < -0.3 is 4.74 Å². The molecule has 0 radical (unpaired) electrons. The summed E-state index contributed by atoms with van der Waals surface area (Å²) in [6.45, 7) is 1.88. The summed E-state index contributed by atoms with van der Waals surface area (Å²) in [6, 6.07) is 14.2. The molecule has 5 heteroatoms. The van der Waals surface area contributed by atoms with Gasteiger partial charge >= 0.3 is 5.97 Å². The number of hydrogen-bond donors (Lipinski definition) is 0. The van der Waals surface area contributed by atoms with Gasteiger partial charge in [-0.3, -0.25) is 9.00 Å². The predicted molar refractivity (Wildman–Crippen MR) is 78.6 cm³/mol. The molecule has 2 aromatic rings. The van der Waals surface area contributed by atoms with E-state index in [9.17, 15) is 13.4 Å². The topological polar surface area (TPSA) is 43.4 Å². The van der Waals surface area contributed by atoms with Gasteiger partial charge in [0.25, 0.3) is 0 Å². The SMILES string of the molecule is CCOC(=O)C(c1ccccc1)S(=O)c1cccc(F)c1. The highest BCUT2D eigenvalue weighted by molar-refractivity contribution is 7.86. The molecule has 0 saturated carbocycles. The molecule has 0 aromatic heterocycles. The van der Waals surface area contributed by atoms with Crippen LogP contribution in [0.3, 0.4) is 0 Å². The molecule has 2 unspecified atom stereocenters. The zero-order valence-corrected chi connectivity index (χ0v) is 12.3. The molecule has 2 rings (SSSR count). The van der Waals surface area contributed by atoms with Gasteiger partial charge in [-0.2, -0.15) is 0 Å². The molecule has 3 nitrogen and oxygen atoms in total. The standard InChI is InChI=1S/C16H15FO3S/c1-2-20-16(18)15(12-7-4-3-5-8-12)21(19)14-10-6-9-13(17)11-14/h3-11,15H,2H2,1H3. The average molecular weight is 306 g/mol. The Labute approximate surface area is 125 Å². The van der Waals surface area contributed by atoms with Gasteiger partial charge in [0.05, 0.1) is 17.4 Å². The molecule has 0 aliphatic heterocycles. The number of ether oxygens (including phenoxy) is 1. The maximum atomic E-state index is 13.3. The largest absolute Gasteiger partial charge is 0.465 e. The van der Waals surface area contributed by atoms with E-state index in [2.05, 4.69) is 0 Å². The highest BCUT2D eigenvalue weighted by Crippen LogP contribution is 2.27. The van der Waals surface area contributed by atoms with Crippen molar-refractivity contribution < 1.29 is 18.1 Å². The first-order valence-corrected chi connectivity index (χ1v) is 7.72.